The summed E-state index contributed by atoms with van der Waals surface area (Å²) >= 11 is 6.71. The second-order valence-corrected chi connectivity index (χ2v) is 5.24. The first-order valence-electron chi connectivity index (χ1n) is 4.95. The number of carbonyl (C=O) groups is 1. The number of rotatable bonds is 4. The normalized spacial score (nSPS) is 10.3. The summed E-state index contributed by atoms with van der Waals surface area (Å²) in [6.07, 6.45) is 1.19. The number of benzene rings is 1. The quantitative estimate of drug-likeness (QED) is 0.874. The van der Waals surface area contributed by atoms with E-state index in [0.717, 1.165) is 8.95 Å². The van der Waals surface area contributed by atoms with Crippen molar-refractivity contribution in [2.24, 2.45) is 0 Å². The number of hydrogen-bond acceptors (Lipinski definition) is 3. The van der Waals surface area contributed by atoms with E-state index < -0.39 is 5.97 Å². The maximum Gasteiger partial charge on any atom is 0.338 e. The fourth-order valence-corrected chi connectivity index (χ4v) is 2.47. The molecule has 1 heterocycles. The van der Waals surface area contributed by atoms with Crippen LogP contribution in [0.25, 0.3) is 0 Å². The van der Waals surface area contributed by atoms with E-state index in [1.807, 2.05) is 12.1 Å². The third kappa shape index (κ3) is 3.14. The molecule has 4 nitrogen and oxygen atoms in total. The van der Waals surface area contributed by atoms with E-state index in [0.29, 0.717) is 11.5 Å². The SMILES string of the molecule is O=C(O)c1coc(COc2ccc(Br)cc2Br)c1. The van der Waals surface area contributed by atoms with Crippen molar-refractivity contribution in [2.75, 3.05) is 0 Å². The predicted octanol–water partition coefficient (Wildman–Crippen LogP) is 4.08. The lowest BCUT2D eigenvalue weighted by Gasteiger charge is -2.06. The van der Waals surface area contributed by atoms with E-state index in [1.54, 1.807) is 6.07 Å². The fraction of sp³-hybridized carbons (Fsp3) is 0.0833. The number of halogens is 2. The molecule has 0 unspecified atom stereocenters. The van der Waals surface area contributed by atoms with Crippen LogP contribution in [0.3, 0.4) is 0 Å². The second kappa shape index (κ2) is 5.58. The number of aromatic carboxylic acids is 1. The molecule has 0 saturated carbocycles. The summed E-state index contributed by atoms with van der Waals surface area (Å²) < 4.78 is 12.3. The number of ether oxygens (including phenoxy) is 1. The molecule has 0 aliphatic rings. The van der Waals surface area contributed by atoms with Gasteiger partial charge in [-0.25, -0.2) is 4.79 Å². The molecular formula is C12H8Br2O4. The van der Waals surface area contributed by atoms with Gasteiger partial charge in [-0.3, -0.25) is 0 Å². The Hall–Kier alpha value is -1.27. The maximum atomic E-state index is 10.7. The summed E-state index contributed by atoms with van der Waals surface area (Å²) in [5, 5.41) is 8.74. The van der Waals surface area contributed by atoms with Gasteiger partial charge in [0.2, 0.25) is 0 Å². The average Bonchev–Trinajstić information content (AvgIpc) is 2.76. The highest BCUT2D eigenvalue weighted by Crippen LogP contribution is 2.28. The summed E-state index contributed by atoms with van der Waals surface area (Å²) in [7, 11) is 0. The van der Waals surface area contributed by atoms with Gasteiger partial charge in [0.15, 0.2) is 0 Å². The van der Waals surface area contributed by atoms with Gasteiger partial charge in [-0.2, -0.15) is 0 Å². The Morgan fingerprint density at radius 3 is 2.72 bits per heavy atom. The molecule has 0 bridgehead atoms. The highest BCUT2D eigenvalue weighted by Gasteiger charge is 2.09. The molecule has 0 fully saturated rings. The lowest BCUT2D eigenvalue weighted by molar-refractivity contribution is 0.0696. The molecular weight excluding hydrogens is 368 g/mol. The first kappa shape index (κ1) is 13.2. The van der Waals surface area contributed by atoms with Gasteiger partial charge in [0.05, 0.1) is 10.0 Å². The Morgan fingerprint density at radius 1 is 1.33 bits per heavy atom. The smallest absolute Gasteiger partial charge is 0.338 e. The number of hydrogen-bond donors (Lipinski definition) is 1. The lowest BCUT2D eigenvalue weighted by Crippen LogP contribution is -1.95. The first-order valence-corrected chi connectivity index (χ1v) is 6.53. The summed E-state index contributed by atoms with van der Waals surface area (Å²) in [6.45, 7) is 0.174. The second-order valence-electron chi connectivity index (χ2n) is 3.47. The predicted molar refractivity (Wildman–Crippen MR) is 71.8 cm³/mol. The van der Waals surface area contributed by atoms with Crippen LogP contribution in [0, 0.1) is 0 Å². The van der Waals surface area contributed by atoms with Crippen LogP contribution in [-0.2, 0) is 6.61 Å². The van der Waals surface area contributed by atoms with Crippen LogP contribution in [0.1, 0.15) is 16.1 Å². The first-order chi connectivity index (χ1) is 8.56. The fourth-order valence-electron chi connectivity index (χ4n) is 1.31. The van der Waals surface area contributed by atoms with Crippen LogP contribution < -0.4 is 4.74 Å². The average molecular weight is 376 g/mol. The van der Waals surface area contributed by atoms with Crippen molar-refractivity contribution in [2.45, 2.75) is 6.61 Å². The summed E-state index contributed by atoms with van der Waals surface area (Å²) in [6, 6.07) is 6.95. The Labute approximate surface area is 120 Å². The van der Waals surface area contributed by atoms with Crippen molar-refractivity contribution >= 4 is 37.8 Å². The van der Waals surface area contributed by atoms with Gasteiger partial charge < -0.3 is 14.3 Å². The molecule has 0 spiro atoms. The number of furan rings is 1. The van der Waals surface area contributed by atoms with Crippen molar-refractivity contribution < 1.29 is 19.1 Å². The molecule has 94 valence electrons. The van der Waals surface area contributed by atoms with Gasteiger partial charge in [-0.05, 0) is 40.2 Å². The molecule has 0 atom stereocenters. The highest BCUT2D eigenvalue weighted by atomic mass is 79.9. The monoisotopic (exact) mass is 374 g/mol. The Balaban J connectivity index is 2.04. The van der Waals surface area contributed by atoms with Crippen molar-refractivity contribution in [3.05, 3.63) is 50.8 Å². The van der Waals surface area contributed by atoms with E-state index in [9.17, 15) is 4.79 Å². The molecule has 18 heavy (non-hydrogen) atoms. The molecule has 1 aromatic carbocycles. The lowest BCUT2D eigenvalue weighted by atomic mass is 10.3. The summed E-state index contributed by atoms with van der Waals surface area (Å²) in [4.78, 5) is 10.7. The molecule has 2 aromatic rings. The van der Waals surface area contributed by atoms with Crippen LogP contribution in [0.2, 0.25) is 0 Å². The van der Waals surface area contributed by atoms with Crippen LogP contribution >= 0.6 is 31.9 Å². The van der Waals surface area contributed by atoms with Crippen molar-refractivity contribution in [3.63, 3.8) is 0 Å². The Bertz CT molecular complexity index is 577. The molecule has 1 N–H and O–H groups in total. The minimum absolute atomic E-state index is 0.114. The van der Waals surface area contributed by atoms with E-state index in [4.69, 9.17) is 14.3 Å². The zero-order chi connectivity index (χ0) is 13.1. The number of carboxylic acid groups (broad SMARTS) is 1. The van der Waals surface area contributed by atoms with Crippen LogP contribution in [0.5, 0.6) is 5.75 Å². The van der Waals surface area contributed by atoms with Crippen LogP contribution in [0.15, 0.2) is 43.9 Å². The molecule has 0 radical (unpaired) electrons. The highest BCUT2D eigenvalue weighted by molar-refractivity contribution is 9.11. The van der Waals surface area contributed by atoms with Crippen LogP contribution in [-0.4, -0.2) is 11.1 Å². The molecule has 0 saturated heterocycles. The largest absolute Gasteiger partial charge is 0.484 e. The zero-order valence-corrected chi connectivity index (χ0v) is 12.2. The minimum atomic E-state index is -1.02. The minimum Gasteiger partial charge on any atom is -0.484 e. The van der Waals surface area contributed by atoms with E-state index in [1.165, 1.54) is 12.3 Å². The van der Waals surface area contributed by atoms with Crippen molar-refractivity contribution in [1.29, 1.82) is 0 Å². The van der Waals surface area contributed by atoms with Gasteiger partial charge in [-0.1, -0.05) is 15.9 Å². The topological polar surface area (TPSA) is 59.7 Å². The van der Waals surface area contributed by atoms with Gasteiger partial charge in [-0.15, -0.1) is 0 Å². The zero-order valence-electron chi connectivity index (χ0n) is 9.02. The Kier molecular flexibility index (Phi) is 4.08. The third-order valence-electron chi connectivity index (χ3n) is 2.16. The molecule has 0 amide bonds. The molecule has 2 rings (SSSR count). The molecule has 1 aromatic heterocycles. The van der Waals surface area contributed by atoms with Gasteiger partial charge >= 0.3 is 5.97 Å². The summed E-state index contributed by atoms with van der Waals surface area (Å²) in [5.41, 5.74) is 0.114. The van der Waals surface area contributed by atoms with E-state index in [2.05, 4.69) is 31.9 Å². The van der Waals surface area contributed by atoms with Crippen LogP contribution in [0.4, 0.5) is 0 Å². The van der Waals surface area contributed by atoms with E-state index >= 15 is 0 Å². The summed E-state index contributed by atoms with van der Waals surface area (Å²) in [5.74, 6) is 0.100. The standard InChI is InChI=1S/C12H8Br2O4/c13-8-1-2-11(10(14)4-8)18-6-9-3-7(5-17-9)12(15)16/h1-5H,6H2,(H,15,16). The van der Waals surface area contributed by atoms with Gasteiger partial charge in [0.1, 0.15) is 24.4 Å². The maximum absolute atomic E-state index is 10.7. The van der Waals surface area contributed by atoms with Gasteiger partial charge in [0, 0.05) is 4.47 Å². The molecule has 0 aliphatic carbocycles. The third-order valence-corrected chi connectivity index (χ3v) is 3.28. The van der Waals surface area contributed by atoms with Crippen molar-refractivity contribution in [3.8, 4) is 5.75 Å². The Morgan fingerprint density at radius 2 is 2.11 bits per heavy atom. The van der Waals surface area contributed by atoms with E-state index in [-0.39, 0.29) is 12.2 Å². The van der Waals surface area contributed by atoms with Crippen molar-refractivity contribution in [1.82, 2.24) is 0 Å². The number of carboxylic acids is 1. The van der Waals surface area contributed by atoms with Gasteiger partial charge in [0.25, 0.3) is 0 Å². The molecule has 0 aliphatic heterocycles. The molecule has 6 heteroatoms.